The maximum absolute atomic E-state index is 12.9. The molecule has 0 aromatic carbocycles. The molecule has 3 heterocycles. The number of carbonyl (C=O) groups excluding carboxylic acids is 2. The van der Waals surface area contributed by atoms with Crippen LogP contribution in [-0.2, 0) is 13.0 Å². The second kappa shape index (κ2) is 9.07. The molecule has 3 N–H and O–H groups in total. The predicted octanol–water partition coefficient (Wildman–Crippen LogP) is 3.38. The van der Waals surface area contributed by atoms with E-state index in [2.05, 4.69) is 22.2 Å². The van der Waals surface area contributed by atoms with Crippen LogP contribution < -0.4 is 11.1 Å². The number of primary amides is 1. The summed E-state index contributed by atoms with van der Waals surface area (Å²) in [4.78, 5) is 28.5. The van der Waals surface area contributed by atoms with Gasteiger partial charge in [-0.25, -0.2) is 0 Å². The molecule has 154 valence electrons. The van der Waals surface area contributed by atoms with Crippen LogP contribution in [0.1, 0.15) is 70.2 Å². The molecule has 0 aliphatic carbocycles. The lowest BCUT2D eigenvalue weighted by Crippen LogP contribution is -2.31. The summed E-state index contributed by atoms with van der Waals surface area (Å²) in [5.41, 5.74) is 8.38. The van der Waals surface area contributed by atoms with Crippen molar-refractivity contribution in [3.05, 3.63) is 33.5 Å². The van der Waals surface area contributed by atoms with Crippen LogP contribution in [0.5, 0.6) is 0 Å². The third-order valence-electron chi connectivity index (χ3n) is 4.73. The summed E-state index contributed by atoms with van der Waals surface area (Å²) in [6, 6.07) is 1.82. The smallest absolute Gasteiger partial charge is 0.274 e. The number of anilines is 1. The number of aromatic nitrogens is 2. The van der Waals surface area contributed by atoms with Crippen LogP contribution in [0, 0.1) is 6.92 Å². The second-order valence-corrected chi connectivity index (χ2v) is 8.37. The monoisotopic (exact) mass is 425 g/mol. The summed E-state index contributed by atoms with van der Waals surface area (Å²) in [6.07, 6.45) is 1.87. The summed E-state index contributed by atoms with van der Waals surface area (Å²) in [7, 11) is 0. The minimum absolute atomic E-state index is 0. The maximum atomic E-state index is 12.9. The van der Waals surface area contributed by atoms with E-state index in [1.165, 1.54) is 11.3 Å². The Hall–Kier alpha value is -1.90. The normalized spacial score (nSPS) is 13.9. The van der Waals surface area contributed by atoms with Crippen molar-refractivity contribution in [2.24, 2.45) is 5.73 Å². The van der Waals surface area contributed by atoms with Gasteiger partial charge in [0.05, 0.1) is 11.3 Å². The van der Waals surface area contributed by atoms with E-state index in [0.29, 0.717) is 16.3 Å². The van der Waals surface area contributed by atoms with Gasteiger partial charge in [0.15, 0.2) is 0 Å². The van der Waals surface area contributed by atoms with Crippen molar-refractivity contribution in [2.75, 3.05) is 18.4 Å². The van der Waals surface area contributed by atoms with Crippen LogP contribution in [0.25, 0.3) is 0 Å². The summed E-state index contributed by atoms with van der Waals surface area (Å²) >= 11 is 1.46. The number of hydrogen-bond acceptors (Lipinski definition) is 5. The summed E-state index contributed by atoms with van der Waals surface area (Å²) < 4.78 is 1.70. The van der Waals surface area contributed by atoms with Gasteiger partial charge in [-0.05, 0) is 51.8 Å². The lowest BCUT2D eigenvalue weighted by molar-refractivity contribution is 0.1000. The average molecular weight is 426 g/mol. The highest BCUT2D eigenvalue weighted by molar-refractivity contribution is 7.17. The Morgan fingerprint density at radius 1 is 1.39 bits per heavy atom. The Bertz CT molecular complexity index is 874. The molecule has 0 unspecified atom stereocenters. The number of halogens is 1. The summed E-state index contributed by atoms with van der Waals surface area (Å²) in [5, 5.41) is 7.85. The van der Waals surface area contributed by atoms with Gasteiger partial charge in [-0.2, -0.15) is 5.10 Å². The van der Waals surface area contributed by atoms with Crippen molar-refractivity contribution < 1.29 is 9.59 Å². The SMILES string of the molecule is CCCN1CCc2c(sc(NC(=O)c3cc(C)nn3C(C)C)c2C(N)=O)C1.Cl. The average Bonchev–Trinajstić information content (AvgIpc) is 3.15. The lowest BCUT2D eigenvalue weighted by Gasteiger charge is -2.26. The molecule has 0 atom stereocenters. The van der Waals surface area contributed by atoms with E-state index >= 15 is 0 Å². The second-order valence-electron chi connectivity index (χ2n) is 7.26. The van der Waals surface area contributed by atoms with Gasteiger partial charge in [-0.3, -0.25) is 19.2 Å². The number of thiophene rings is 1. The molecule has 0 fully saturated rings. The Balaban J connectivity index is 0.00000280. The first-order valence-corrected chi connectivity index (χ1v) is 10.2. The largest absolute Gasteiger partial charge is 0.365 e. The Morgan fingerprint density at radius 3 is 2.71 bits per heavy atom. The molecule has 0 saturated heterocycles. The Labute approximate surface area is 175 Å². The molecule has 1 aliphatic rings. The molecule has 0 radical (unpaired) electrons. The topological polar surface area (TPSA) is 93.2 Å². The molecule has 2 aromatic heterocycles. The van der Waals surface area contributed by atoms with Crippen LogP contribution >= 0.6 is 23.7 Å². The minimum atomic E-state index is -0.486. The van der Waals surface area contributed by atoms with Crippen LogP contribution in [-0.4, -0.2) is 39.6 Å². The predicted molar refractivity (Wildman–Crippen MR) is 115 cm³/mol. The number of fused-ring (bicyclic) bond motifs is 1. The molecule has 0 saturated carbocycles. The highest BCUT2D eigenvalue weighted by atomic mass is 35.5. The van der Waals surface area contributed by atoms with Gasteiger partial charge in [0.25, 0.3) is 11.8 Å². The molecular weight excluding hydrogens is 398 g/mol. The molecule has 1 aliphatic heterocycles. The molecule has 28 heavy (non-hydrogen) atoms. The molecule has 3 rings (SSSR count). The van der Waals surface area contributed by atoms with Crippen molar-refractivity contribution in [2.45, 2.75) is 53.1 Å². The molecule has 2 aromatic rings. The molecule has 9 heteroatoms. The fraction of sp³-hybridized carbons (Fsp3) is 0.526. The quantitative estimate of drug-likeness (QED) is 0.741. The highest BCUT2D eigenvalue weighted by Crippen LogP contribution is 2.37. The standard InChI is InChI=1S/C19H27N5O2S.ClH/c1-5-7-23-8-6-13-15(10-23)27-19(16(13)17(20)25)21-18(26)14-9-12(4)22-24(14)11(2)3;/h9,11H,5-8,10H2,1-4H3,(H2,20,25)(H,21,26);1H. The third kappa shape index (κ3) is 4.39. The van der Waals surface area contributed by atoms with Crippen LogP contribution in [0.3, 0.4) is 0 Å². The van der Waals surface area contributed by atoms with Gasteiger partial charge in [-0.1, -0.05) is 6.92 Å². The zero-order valence-corrected chi connectivity index (χ0v) is 18.4. The molecule has 0 bridgehead atoms. The molecule has 7 nitrogen and oxygen atoms in total. The van der Waals surface area contributed by atoms with Gasteiger partial charge < -0.3 is 11.1 Å². The number of amides is 2. The number of carbonyl (C=O) groups is 2. The molecular formula is C19H28ClN5O2S. The first kappa shape index (κ1) is 22.4. The summed E-state index contributed by atoms with van der Waals surface area (Å²) in [6.45, 7) is 10.7. The third-order valence-corrected chi connectivity index (χ3v) is 5.86. The van der Waals surface area contributed by atoms with Crippen LogP contribution in [0.15, 0.2) is 6.07 Å². The number of nitrogens with two attached hydrogens (primary N) is 1. The van der Waals surface area contributed by atoms with Crippen LogP contribution in [0.4, 0.5) is 5.00 Å². The van der Waals surface area contributed by atoms with E-state index in [0.717, 1.165) is 48.6 Å². The first-order chi connectivity index (χ1) is 12.8. The molecule has 0 spiro atoms. The maximum Gasteiger partial charge on any atom is 0.274 e. The zero-order valence-electron chi connectivity index (χ0n) is 16.7. The van der Waals surface area contributed by atoms with E-state index < -0.39 is 5.91 Å². The number of hydrogen-bond donors (Lipinski definition) is 2. The van der Waals surface area contributed by atoms with Crippen molar-refractivity contribution >= 4 is 40.6 Å². The fourth-order valence-corrected chi connectivity index (χ4v) is 4.85. The highest BCUT2D eigenvalue weighted by Gasteiger charge is 2.28. The minimum Gasteiger partial charge on any atom is -0.365 e. The number of aryl methyl sites for hydroxylation is 1. The fourth-order valence-electron chi connectivity index (χ4n) is 3.56. The van der Waals surface area contributed by atoms with Crippen molar-refractivity contribution in [1.82, 2.24) is 14.7 Å². The van der Waals surface area contributed by atoms with E-state index in [1.54, 1.807) is 10.7 Å². The van der Waals surface area contributed by atoms with E-state index in [4.69, 9.17) is 5.73 Å². The van der Waals surface area contributed by atoms with Crippen molar-refractivity contribution in [1.29, 1.82) is 0 Å². The van der Waals surface area contributed by atoms with Crippen molar-refractivity contribution in [3.63, 3.8) is 0 Å². The summed E-state index contributed by atoms with van der Waals surface area (Å²) in [5.74, 6) is -0.754. The van der Waals surface area contributed by atoms with Gasteiger partial charge in [-0.15, -0.1) is 23.7 Å². The number of nitrogens with zero attached hydrogens (tertiary/aromatic N) is 3. The number of rotatable bonds is 6. The number of nitrogens with one attached hydrogen (secondary N) is 1. The molecule has 2 amide bonds. The first-order valence-electron chi connectivity index (χ1n) is 9.36. The van der Waals surface area contributed by atoms with E-state index in [9.17, 15) is 9.59 Å². The Kier molecular flexibility index (Phi) is 7.25. The van der Waals surface area contributed by atoms with E-state index in [1.807, 2.05) is 20.8 Å². The zero-order chi connectivity index (χ0) is 19.7. The van der Waals surface area contributed by atoms with Gasteiger partial charge >= 0.3 is 0 Å². The lowest BCUT2D eigenvalue weighted by atomic mass is 10.0. The van der Waals surface area contributed by atoms with Gasteiger partial charge in [0, 0.05) is 24.0 Å². The van der Waals surface area contributed by atoms with E-state index in [-0.39, 0.29) is 24.4 Å². The van der Waals surface area contributed by atoms with Gasteiger partial charge in [0.1, 0.15) is 10.7 Å². The van der Waals surface area contributed by atoms with Gasteiger partial charge in [0.2, 0.25) is 0 Å². The Morgan fingerprint density at radius 2 is 2.11 bits per heavy atom. The van der Waals surface area contributed by atoms with Crippen molar-refractivity contribution in [3.8, 4) is 0 Å². The van der Waals surface area contributed by atoms with Crippen LogP contribution in [0.2, 0.25) is 0 Å².